The van der Waals surface area contributed by atoms with Crippen LogP contribution in [0, 0.1) is 5.82 Å². The van der Waals surface area contributed by atoms with Crippen LogP contribution < -0.4 is 0 Å². The topological polar surface area (TPSA) is 63.6 Å². The van der Waals surface area contributed by atoms with Crippen molar-refractivity contribution in [1.29, 1.82) is 0 Å². The van der Waals surface area contributed by atoms with Crippen LogP contribution in [0.15, 0.2) is 24.3 Å². The van der Waals surface area contributed by atoms with Crippen LogP contribution in [0.25, 0.3) is 0 Å². The molecule has 0 saturated heterocycles. The number of carboxylic acid groups (broad SMARTS) is 1. The lowest BCUT2D eigenvalue weighted by molar-refractivity contribution is -0.158. The highest BCUT2D eigenvalue weighted by atomic mass is 19.1. The minimum atomic E-state index is -1.18. The van der Waals surface area contributed by atoms with Crippen molar-refractivity contribution in [3.8, 4) is 0 Å². The number of carbonyl (C=O) groups is 2. The van der Waals surface area contributed by atoms with Crippen molar-refractivity contribution in [3.63, 3.8) is 0 Å². The number of carbonyl (C=O) groups excluding carboxylic acids is 1. The molecule has 0 aliphatic carbocycles. The summed E-state index contributed by atoms with van der Waals surface area (Å²) in [5, 5.41) is 9.13. The van der Waals surface area contributed by atoms with Crippen molar-refractivity contribution in [1.82, 2.24) is 0 Å². The maximum Gasteiger partial charge on any atom is 0.311 e. The molecule has 0 saturated carbocycles. The first-order chi connectivity index (χ1) is 8.69. The number of aliphatic carboxylic acids is 1. The quantitative estimate of drug-likeness (QED) is 0.853. The fourth-order valence-corrected chi connectivity index (χ4v) is 1.62. The number of rotatable bonds is 4. The third kappa shape index (κ3) is 5.07. The Labute approximate surface area is 111 Å². The molecule has 0 heterocycles. The van der Waals surface area contributed by atoms with Gasteiger partial charge in [-0.2, -0.15) is 0 Å². The van der Waals surface area contributed by atoms with E-state index in [1.54, 1.807) is 20.8 Å². The highest BCUT2D eigenvalue weighted by Gasteiger charge is 2.26. The monoisotopic (exact) mass is 268 g/mol. The summed E-state index contributed by atoms with van der Waals surface area (Å²) >= 11 is 0. The molecule has 104 valence electrons. The second-order valence-corrected chi connectivity index (χ2v) is 5.24. The van der Waals surface area contributed by atoms with Crippen molar-refractivity contribution in [2.45, 2.75) is 38.7 Å². The molecule has 0 aliphatic rings. The van der Waals surface area contributed by atoms with E-state index in [4.69, 9.17) is 9.84 Å². The molecule has 1 aromatic carbocycles. The minimum Gasteiger partial charge on any atom is -0.481 e. The van der Waals surface area contributed by atoms with Crippen LogP contribution in [-0.4, -0.2) is 22.6 Å². The molecule has 1 atom stereocenters. The van der Waals surface area contributed by atoms with Crippen LogP contribution in [-0.2, 0) is 14.3 Å². The number of esters is 1. The number of ether oxygens (including phenoxy) is 1. The summed E-state index contributed by atoms with van der Waals surface area (Å²) in [5.41, 5.74) is -0.430. The Bertz CT molecular complexity index is 477. The molecule has 0 fully saturated rings. The Morgan fingerprint density at radius 2 is 2.00 bits per heavy atom. The largest absolute Gasteiger partial charge is 0.481 e. The summed E-state index contributed by atoms with van der Waals surface area (Å²) in [4.78, 5) is 22.8. The van der Waals surface area contributed by atoms with E-state index in [-0.39, 0.29) is 12.0 Å². The van der Waals surface area contributed by atoms with Gasteiger partial charge < -0.3 is 9.84 Å². The van der Waals surface area contributed by atoms with E-state index in [0.717, 1.165) is 6.07 Å². The summed E-state index contributed by atoms with van der Waals surface area (Å²) in [6.45, 7) is 5.09. The summed E-state index contributed by atoms with van der Waals surface area (Å²) in [5.74, 6) is -3.45. The molecule has 1 aromatic rings. The lowest BCUT2D eigenvalue weighted by Gasteiger charge is -2.21. The van der Waals surface area contributed by atoms with E-state index in [1.807, 2.05) is 0 Å². The van der Waals surface area contributed by atoms with Gasteiger partial charge >= 0.3 is 11.9 Å². The lowest BCUT2D eigenvalue weighted by Crippen LogP contribution is -2.26. The minimum absolute atomic E-state index is 0.248. The number of hydrogen-bond donors (Lipinski definition) is 1. The van der Waals surface area contributed by atoms with Gasteiger partial charge in [-0.05, 0) is 38.5 Å². The average molecular weight is 268 g/mol. The van der Waals surface area contributed by atoms with Gasteiger partial charge in [0, 0.05) is 0 Å². The summed E-state index contributed by atoms with van der Waals surface area (Å²) in [7, 11) is 0. The standard InChI is InChI=1S/C14H17FO4/c1-14(2,3)19-12(16)8-11(13(17)18)9-5-4-6-10(15)7-9/h4-7,11H,8H2,1-3H3,(H,17,18)/t11-/m1/s1. The Morgan fingerprint density at radius 3 is 2.47 bits per heavy atom. The maximum absolute atomic E-state index is 13.1. The van der Waals surface area contributed by atoms with E-state index in [0.29, 0.717) is 0 Å². The Morgan fingerprint density at radius 1 is 1.37 bits per heavy atom. The molecule has 0 spiro atoms. The van der Waals surface area contributed by atoms with Crippen molar-refractivity contribution in [2.24, 2.45) is 0 Å². The van der Waals surface area contributed by atoms with Crippen molar-refractivity contribution < 1.29 is 23.8 Å². The van der Waals surface area contributed by atoms with Crippen molar-refractivity contribution >= 4 is 11.9 Å². The highest BCUT2D eigenvalue weighted by molar-refractivity contribution is 5.83. The van der Waals surface area contributed by atoms with Gasteiger partial charge in [-0.15, -0.1) is 0 Å². The molecular formula is C14H17FO4. The number of halogens is 1. The SMILES string of the molecule is CC(C)(C)OC(=O)C[C@@H](C(=O)O)c1cccc(F)c1. The molecule has 4 nitrogen and oxygen atoms in total. The van der Waals surface area contributed by atoms with Gasteiger partial charge in [0.15, 0.2) is 0 Å². The van der Waals surface area contributed by atoms with Crippen molar-refractivity contribution in [3.05, 3.63) is 35.6 Å². The van der Waals surface area contributed by atoms with Gasteiger partial charge in [-0.25, -0.2) is 4.39 Å². The van der Waals surface area contributed by atoms with Crippen LogP contribution in [0.3, 0.4) is 0 Å². The molecule has 5 heteroatoms. The third-order valence-corrected chi connectivity index (χ3v) is 2.34. The Balaban J connectivity index is 2.85. The summed E-state index contributed by atoms with van der Waals surface area (Å²) in [6.07, 6.45) is -0.323. The zero-order valence-corrected chi connectivity index (χ0v) is 11.1. The van der Waals surface area contributed by atoms with E-state index in [2.05, 4.69) is 0 Å². The molecule has 0 aliphatic heterocycles. The molecule has 1 N–H and O–H groups in total. The molecular weight excluding hydrogens is 251 g/mol. The first kappa shape index (κ1) is 15.1. The van der Waals surface area contributed by atoms with Gasteiger partial charge in [0.05, 0.1) is 12.3 Å². The fraction of sp³-hybridized carbons (Fsp3) is 0.429. The van der Waals surface area contributed by atoms with Crippen LogP contribution in [0.5, 0.6) is 0 Å². The first-order valence-corrected chi connectivity index (χ1v) is 5.89. The summed E-state index contributed by atoms with van der Waals surface area (Å²) < 4.78 is 18.2. The lowest BCUT2D eigenvalue weighted by atomic mass is 9.96. The van der Waals surface area contributed by atoms with Gasteiger partial charge in [-0.1, -0.05) is 12.1 Å². The maximum atomic E-state index is 13.1. The molecule has 0 unspecified atom stereocenters. The van der Waals surface area contributed by atoms with E-state index >= 15 is 0 Å². The second kappa shape index (κ2) is 5.82. The van der Waals surface area contributed by atoms with E-state index in [9.17, 15) is 14.0 Å². The predicted molar refractivity (Wildman–Crippen MR) is 67.2 cm³/mol. The fourth-order valence-electron chi connectivity index (χ4n) is 1.62. The van der Waals surface area contributed by atoms with E-state index in [1.165, 1.54) is 18.2 Å². The van der Waals surface area contributed by atoms with Gasteiger partial charge in [0.25, 0.3) is 0 Å². The van der Waals surface area contributed by atoms with Gasteiger partial charge in [0.2, 0.25) is 0 Å². The predicted octanol–water partition coefficient (Wildman–Crippen LogP) is 2.73. The molecule has 0 aromatic heterocycles. The number of carboxylic acids is 1. The van der Waals surface area contributed by atoms with Crippen LogP contribution >= 0.6 is 0 Å². The van der Waals surface area contributed by atoms with Gasteiger partial charge in [-0.3, -0.25) is 9.59 Å². The van der Waals surface area contributed by atoms with Gasteiger partial charge in [0.1, 0.15) is 11.4 Å². The van der Waals surface area contributed by atoms with E-state index < -0.39 is 29.3 Å². The Kier molecular flexibility index (Phi) is 4.64. The molecule has 0 amide bonds. The number of hydrogen-bond acceptors (Lipinski definition) is 3. The smallest absolute Gasteiger partial charge is 0.311 e. The molecule has 19 heavy (non-hydrogen) atoms. The highest BCUT2D eigenvalue weighted by Crippen LogP contribution is 2.22. The third-order valence-electron chi connectivity index (χ3n) is 2.34. The Hall–Kier alpha value is -1.91. The zero-order valence-electron chi connectivity index (χ0n) is 11.1. The second-order valence-electron chi connectivity index (χ2n) is 5.24. The van der Waals surface area contributed by atoms with Crippen molar-refractivity contribution in [2.75, 3.05) is 0 Å². The van der Waals surface area contributed by atoms with Crippen LogP contribution in [0.2, 0.25) is 0 Å². The molecule has 0 bridgehead atoms. The average Bonchev–Trinajstić information content (AvgIpc) is 2.23. The van der Waals surface area contributed by atoms with Crippen LogP contribution in [0.4, 0.5) is 4.39 Å². The molecule has 0 radical (unpaired) electrons. The summed E-state index contributed by atoms with van der Waals surface area (Å²) in [6, 6.07) is 5.22. The molecule has 1 rings (SSSR count). The number of benzene rings is 1. The zero-order chi connectivity index (χ0) is 14.6. The first-order valence-electron chi connectivity index (χ1n) is 5.89. The normalized spacial score (nSPS) is 12.8. The van der Waals surface area contributed by atoms with Crippen LogP contribution in [0.1, 0.15) is 38.7 Å².